The lowest BCUT2D eigenvalue weighted by Gasteiger charge is -2.42. The van der Waals surface area contributed by atoms with Crippen LogP contribution in [0.3, 0.4) is 0 Å². The zero-order valence-corrected chi connectivity index (χ0v) is 27.9. The molecule has 4 rings (SSSR count). The SMILES string of the molecule is CC(C)[Si](Oc1cc2c(cc1OC1CC1)C(=O)N1CC(O[Si](C)(C)C(C)(C)C)CC1C(=O)N2)(C(C)C)C(C)C. The Morgan fingerprint density at radius 2 is 1.51 bits per heavy atom. The first kappa shape index (κ1) is 30.1. The van der Waals surface area contributed by atoms with Crippen LogP contribution in [0.4, 0.5) is 5.69 Å². The first-order chi connectivity index (χ1) is 18.0. The average molecular weight is 575 g/mol. The smallest absolute Gasteiger partial charge is 0.258 e. The predicted molar refractivity (Wildman–Crippen MR) is 162 cm³/mol. The second kappa shape index (κ2) is 10.5. The van der Waals surface area contributed by atoms with Gasteiger partial charge in [0, 0.05) is 19.0 Å². The fourth-order valence-corrected chi connectivity index (χ4v) is 12.8. The monoisotopic (exact) mass is 574 g/mol. The molecule has 0 bridgehead atoms. The minimum Gasteiger partial charge on any atom is -0.540 e. The lowest BCUT2D eigenvalue weighted by atomic mass is 10.1. The molecule has 1 N–H and O–H groups in total. The van der Waals surface area contributed by atoms with E-state index in [1.807, 2.05) is 12.1 Å². The number of hydrogen-bond donors (Lipinski definition) is 1. The van der Waals surface area contributed by atoms with E-state index in [9.17, 15) is 9.59 Å². The zero-order chi connectivity index (χ0) is 29.1. The van der Waals surface area contributed by atoms with Crippen molar-refractivity contribution in [1.82, 2.24) is 4.90 Å². The molecule has 0 aromatic heterocycles. The normalized spacial score (nSPS) is 22.3. The highest BCUT2D eigenvalue weighted by Crippen LogP contribution is 2.48. The second-order valence-electron chi connectivity index (χ2n) is 14.3. The van der Waals surface area contributed by atoms with Crippen LogP contribution < -0.4 is 14.5 Å². The van der Waals surface area contributed by atoms with E-state index in [1.54, 1.807) is 4.90 Å². The topological polar surface area (TPSA) is 77.1 Å². The standard InChI is InChI=1S/C30H50N2O5Si2/c1-18(2)39(19(3)4,20(5)6)37-27-16-24-23(15-26(27)35-21-12-13-21)29(34)32-17-22(14-25(32)28(33)31-24)36-38(10,11)30(7,8)9/h15-16,18-22,25H,12-14,17H2,1-11H3,(H,31,33). The number of carbonyl (C=O) groups excluding carboxylic acids is 2. The molecular weight excluding hydrogens is 525 g/mol. The summed E-state index contributed by atoms with van der Waals surface area (Å²) < 4.78 is 20.0. The van der Waals surface area contributed by atoms with Crippen molar-refractivity contribution in [2.45, 2.75) is 135 Å². The lowest BCUT2D eigenvalue weighted by Crippen LogP contribution is -2.50. The largest absolute Gasteiger partial charge is 0.540 e. The Balaban J connectivity index is 1.70. The van der Waals surface area contributed by atoms with E-state index >= 15 is 0 Å². The van der Waals surface area contributed by atoms with Gasteiger partial charge in [0.15, 0.2) is 14.1 Å². The van der Waals surface area contributed by atoms with Crippen LogP contribution in [-0.4, -0.2) is 58.1 Å². The van der Waals surface area contributed by atoms with Gasteiger partial charge in [-0.1, -0.05) is 62.3 Å². The van der Waals surface area contributed by atoms with Crippen molar-refractivity contribution in [2.75, 3.05) is 11.9 Å². The van der Waals surface area contributed by atoms with Gasteiger partial charge in [-0.15, -0.1) is 0 Å². The van der Waals surface area contributed by atoms with Crippen LogP contribution in [0.5, 0.6) is 11.5 Å². The maximum atomic E-state index is 13.9. The van der Waals surface area contributed by atoms with Crippen molar-refractivity contribution in [3.63, 3.8) is 0 Å². The van der Waals surface area contributed by atoms with Gasteiger partial charge in [-0.2, -0.15) is 0 Å². The molecule has 2 aliphatic heterocycles. The zero-order valence-electron chi connectivity index (χ0n) is 25.9. The van der Waals surface area contributed by atoms with Crippen LogP contribution in [0, 0.1) is 0 Å². The third-order valence-corrected chi connectivity index (χ3v) is 20.0. The van der Waals surface area contributed by atoms with Crippen molar-refractivity contribution in [3.8, 4) is 11.5 Å². The van der Waals surface area contributed by atoms with Crippen LogP contribution in [0.1, 0.15) is 91.9 Å². The van der Waals surface area contributed by atoms with Crippen LogP contribution in [0.2, 0.25) is 34.8 Å². The summed E-state index contributed by atoms with van der Waals surface area (Å²) in [4.78, 5) is 29.1. The van der Waals surface area contributed by atoms with Crippen molar-refractivity contribution in [2.24, 2.45) is 0 Å². The van der Waals surface area contributed by atoms with Gasteiger partial charge in [0.2, 0.25) is 5.91 Å². The van der Waals surface area contributed by atoms with E-state index in [2.05, 4.69) is 80.7 Å². The van der Waals surface area contributed by atoms with Crippen molar-refractivity contribution < 1.29 is 23.2 Å². The summed E-state index contributed by atoms with van der Waals surface area (Å²) in [5.41, 5.74) is 2.12. The summed E-state index contributed by atoms with van der Waals surface area (Å²) >= 11 is 0. The highest BCUT2D eigenvalue weighted by Gasteiger charge is 2.49. The van der Waals surface area contributed by atoms with Gasteiger partial charge in [-0.25, -0.2) is 0 Å². The van der Waals surface area contributed by atoms with Crippen LogP contribution in [0.25, 0.3) is 0 Å². The molecular formula is C30H50N2O5Si2. The fraction of sp³-hybridized carbons (Fsp3) is 0.733. The molecule has 2 atom stereocenters. The third kappa shape index (κ3) is 5.68. The van der Waals surface area contributed by atoms with Crippen molar-refractivity contribution >= 4 is 34.1 Å². The molecule has 2 heterocycles. The van der Waals surface area contributed by atoms with Gasteiger partial charge < -0.3 is 23.8 Å². The molecule has 0 spiro atoms. The molecule has 1 aromatic carbocycles. The Morgan fingerprint density at radius 3 is 2.03 bits per heavy atom. The summed E-state index contributed by atoms with van der Waals surface area (Å²) in [6.07, 6.45) is 2.52. The van der Waals surface area contributed by atoms with Gasteiger partial charge >= 0.3 is 0 Å². The molecule has 0 radical (unpaired) electrons. The van der Waals surface area contributed by atoms with E-state index in [4.69, 9.17) is 13.6 Å². The third-order valence-electron chi connectivity index (χ3n) is 9.48. The molecule has 1 saturated heterocycles. The number of fused-ring (bicyclic) bond motifs is 2. The maximum Gasteiger partial charge on any atom is 0.258 e. The molecule has 1 saturated carbocycles. The van der Waals surface area contributed by atoms with Crippen LogP contribution in [0.15, 0.2) is 12.1 Å². The van der Waals surface area contributed by atoms with Crippen LogP contribution >= 0.6 is 0 Å². The number of hydrogen-bond acceptors (Lipinski definition) is 5. The maximum absolute atomic E-state index is 13.9. The summed E-state index contributed by atoms with van der Waals surface area (Å²) in [5, 5.41) is 3.14. The van der Waals surface area contributed by atoms with Gasteiger partial charge in [-0.3, -0.25) is 9.59 Å². The molecule has 2 fully saturated rings. The Morgan fingerprint density at radius 1 is 0.923 bits per heavy atom. The summed E-state index contributed by atoms with van der Waals surface area (Å²) in [6.45, 7) is 25.0. The molecule has 7 nitrogen and oxygen atoms in total. The summed E-state index contributed by atoms with van der Waals surface area (Å²) in [5.74, 6) is 0.953. The van der Waals surface area contributed by atoms with Crippen LogP contribution in [-0.2, 0) is 9.22 Å². The second-order valence-corrected chi connectivity index (χ2v) is 24.4. The van der Waals surface area contributed by atoms with E-state index in [1.165, 1.54) is 0 Å². The predicted octanol–water partition coefficient (Wildman–Crippen LogP) is 7.34. The molecule has 9 heteroatoms. The Bertz CT molecular complexity index is 1090. The molecule has 1 aliphatic carbocycles. The number of carbonyl (C=O) groups is 2. The Kier molecular flexibility index (Phi) is 8.13. The number of benzene rings is 1. The Hall–Kier alpha value is -1.85. The Labute approximate surface area is 237 Å². The minimum absolute atomic E-state index is 0.0534. The van der Waals surface area contributed by atoms with E-state index < -0.39 is 22.7 Å². The van der Waals surface area contributed by atoms with E-state index in [0.29, 0.717) is 52.3 Å². The molecule has 218 valence electrons. The number of rotatable bonds is 9. The molecule has 2 amide bonds. The van der Waals surface area contributed by atoms with E-state index in [0.717, 1.165) is 12.8 Å². The molecule has 39 heavy (non-hydrogen) atoms. The molecule has 2 unspecified atom stereocenters. The number of nitrogens with zero attached hydrogens (tertiary/aromatic N) is 1. The average Bonchev–Trinajstić information content (AvgIpc) is 3.53. The first-order valence-electron chi connectivity index (χ1n) is 14.8. The van der Waals surface area contributed by atoms with Gasteiger partial charge in [0.05, 0.1) is 23.5 Å². The fourth-order valence-electron chi connectivity index (χ4n) is 6.24. The quantitative estimate of drug-likeness (QED) is 0.312. The minimum atomic E-state index is -2.29. The van der Waals surface area contributed by atoms with Crippen molar-refractivity contribution in [1.29, 1.82) is 0 Å². The summed E-state index contributed by atoms with van der Waals surface area (Å²) in [7, 11) is -4.34. The highest BCUT2D eigenvalue weighted by atomic mass is 28.4. The number of amides is 2. The number of anilines is 1. The molecule has 3 aliphatic rings. The number of ether oxygens (including phenoxy) is 1. The van der Waals surface area contributed by atoms with Crippen molar-refractivity contribution in [3.05, 3.63) is 17.7 Å². The highest BCUT2D eigenvalue weighted by molar-refractivity contribution is 6.78. The van der Waals surface area contributed by atoms with Gasteiger partial charge in [0.1, 0.15) is 11.8 Å². The van der Waals surface area contributed by atoms with Gasteiger partial charge in [-0.05, 0) is 53.7 Å². The molecule has 1 aromatic rings. The van der Waals surface area contributed by atoms with E-state index in [-0.39, 0.29) is 29.1 Å². The number of nitrogens with one attached hydrogen (secondary N) is 1. The first-order valence-corrected chi connectivity index (χ1v) is 19.9. The lowest BCUT2D eigenvalue weighted by molar-refractivity contribution is -0.119. The van der Waals surface area contributed by atoms with Gasteiger partial charge in [0.25, 0.3) is 14.2 Å². The summed E-state index contributed by atoms with van der Waals surface area (Å²) in [6, 6.07) is 3.12.